The van der Waals surface area contributed by atoms with E-state index >= 15 is 0 Å². The number of fused-ring (bicyclic) bond motifs is 2. The number of hydrogen-bond acceptors (Lipinski definition) is 7. The van der Waals surface area contributed by atoms with Crippen LogP contribution in [-0.2, 0) is 6.61 Å². The fourth-order valence-electron chi connectivity index (χ4n) is 5.09. The molecule has 30 heavy (non-hydrogen) atoms. The number of aromatic nitrogens is 3. The third kappa shape index (κ3) is 3.48. The monoisotopic (exact) mass is 405 g/mol. The fourth-order valence-corrected chi connectivity index (χ4v) is 5.09. The first-order valence-electron chi connectivity index (χ1n) is 10.6. The van der Waals surface area contributed by atoms with E-state index in [2.05, 4.69) is 39.2 Å². The second kappa shape index (κ2) is 7.81. The summed E-state index contributed by atoms with van der Waals surface area (Å²) in [6, 6.07) is 8.16. The first-order valence-corrected chi connectivity index (χ1v) is 10.6. The Bertz CT molecular complexity index is 1040. The lowest BCUT2D eigenvalue weighted by Crippen LogP contribution is -2.43. The molecule has 2 fully saturated rings. The molecule has 1 aromatic carbocycles. The van der Waals surface area contributed by atoms with E-state index in [1.165, 1.54) is 0 Å². The Balaban J connectivity index is 1.38. The molecule has 1 aliphatic heterocycles. The Morgan fingerprint density at radius 3 is 2.77 bits per heavy atom. The zero-order valence-electron chi connectivity index (χ0n) is 17.1. The van der Waals surface area contributed by atoms with Gasteiger partial charge in [0.1, 0.15) is 11.6 Å². The Morgan fingerprint density at radius 2 is 2.00 bits per heavy atom. The number of aryl methyl sites for hydroxylation is 1. The third-order valence-electron chi connectivity index (χ3n) is 6.61. The van der Waals surface area contributed by atoms with Crippen LogP contribution in [0.1, 0.15) is 24.0 Å². The quantitative estimate of drug-likeness (QED) is 0.614. The molecule has 156 valence electrons. The average Bonchev–Trinajstić information content (AvgIpc) is 3.16. The number of para-hydroxylation sites is 1. The summed E-state index contributed by atoms with van der Waals surface area (Å²) in [6.45, 7) is 3.78. The lowest BCUT2D eigenvalue weighted by molar-refractivity contribution is 0.0737. The Kier molecular flexibility index (Phi) is 5.00. The Morgan fingerprint density at radius 1 is 1.17 bits per heavy atom. The van der Waals surface area contributed by atoms with Crippen LogP contribution in [-0.4, -0.2) is 50.4 Å². The first-order chi connectivity index (χ1) is 14.6. The summed E-state index contributed by atoms with van der Waals surface area (Å²) < 4.78 is 0. The molecule has 3 N–H and O–H groups in total. The summed E-state index contributed by atoms with van der Waals surface area (Å²) in [4.78, 5) is 15.6. The van der Waals surface area contributed by atoms with Crippen LogP contribution >= 0.6 is 0 Å². The van der Waals surface area contributed by atoms with Crippen LogP contribution in [0.25, 0.3) is 10.9 Å². The van der Waals surface area contributed by atoms with Crippen LogP contribution < -0.4 is 10.2 Å². The number of nitrogens with one attached hydrogen (secondary N) is 1. The van der Waals surface area contributed by atoms with Crippen LogP contribution in [0.5, 0.6) is 0 Å². The van der Waals surface area contributed by atoms with Gasteiger partial charge in [-0.1, -0.05) is 18.2 Å². The maximum Gasteiger partial charge on any atom is 0.144 e. The molecule has 0 unspecified atom stereocenters. The maximum atomic E-state index is 10.7. The fraction of sp³-hybridized carbons (Fsp3) is 0.435. The molecule has 2 aromatic heterocycles. The number of nitrogens with zero attached hydrogens (tertiary/aromatic N) is 4. The van der Waals surface area contributed by atoms with Crippen molar-refractivity contribution in [2.75, 3.05) is 23.3 Å². The predicted molar refractivity (Wildman–Crippen MR) is 116 cm³/mol. The summed E-state index contributed by atoms with van der Waals surface area (Å²) >= 11 is 0. The average molecular weight is 406 g/mol. The Labute approximate surface area is 175 Å². The minimum absolute atomic E-state index is 0.0302. The zero-order valence-corrected chi connectivity index (χ0v) is 17.1. The molecule has 3 aromatic rings. The van der Waals surface area contributed by atoms with Crippen molar-refractivity contribution in [1.29, 1.82) is 0 Å². The molecule has 1 aliphatic carbocycles. The summed E-state index contributed by atoms with van der Waals surface area (Å²) in [5, 5.41) is 25.1. The molecule has 7 nitrogen and oxygen atoms in total. The van der Waals surface area contributed by atoms with Crippen molar-refractivity contribution in [1.82, 2.24) is 15.0 Å². The van der Waals surface area contributed by atoms with E-state index in [0.717, 1.165) is 53.8 Å². The van der Waals surface area contributed by atoms with Crippen LogP contribution in [0.2, 0.25) is 0 Å². The van der Waals surface area contributed by atoms with E-state index < -0.39 is 6.10 Å². The van der Waals surface area contributed by atoms with E-state index in [9.17, 15) is 10.2 Å². The number of anilines is 2. The van der Waals surface area contributed by atoms with Crippen LogP contribution in [0, 0.1) is 18.8 Å². The van der Waals surface area contributed by atoms with E-state index in [-0.39, 0.29) is 12.6 Å². The molecule has 0 radical (unpaired) electrons. The van der Waals surface area contributed by atoms with E-state index in [4.69, 9.17) is 4.98 Å². The Hall–Kier alpha value is -2.77. The highest BCUT2D eigenvalue weighted by molar-refractivity contribution is 5.84. The lowest BCUT2D eigenvalue weighted by atomic mass is 9.77. The van der Waals surface area contributed by atoms with Gasteiger partial charge in [-0.2, -0.15) is 0 Å². The number of pyridine rings is 1. The molecule has 1 saturated heterocycles. The minimum Gasteiger partial charge on any atom is -0.392 e. The van der Waals surface area contributed by atoms with Gasteiger partial charge in [0.25, 0.3) is 0 Å². The first kappa shape index (κ1) is 19.2. The van der Waals surface area contributed by atoms with Gasteiger partial charge in [0.05, 0.1) is 30.5 Å². The van der Waals surface area contributed by atoms with Gasteiger partial charge in [0.15, 0.2) is 0 Å². The van der Waals surface area contributed by atoms with Gasteiger partial charge >= 0.3 is 0 Å². The molecule has 7 heteroatoms. The number of hydrogen-bond donors (Lipinski definition) is 3. The molecular formula is C23H27N5O2. The van der Waals surface area contributed by atoms with Crippen molar-refractivity contribution in [2.24, 2.45) is 11.8 Å². The summed E-state index contributed by atoms with van der Waals surface area (Å²) in [5.74, 6) is 2.45. The van der Waals surface area contributed by atoms with E-state index in [0.29, 0.717) is 17.7 Å². The standard InChI is InChI=1S/C23H27N5O2/c1-14-3-2-4-15-7-18(13-29)23(27-22(14)15)28-11-16-8-19(20(30)9-17(16)12-28)26-21-10-24-5-6-25-21/h2-7,10,16-17,19-20,29-30H,8-9,11-13H2,1H3,(H,25,26)/t16-,17+,19-,20-/m1/s1. The van der Waals surface area contributed by atoms with Gasteiger partial charge in [-0.15, -0.1) is 0 Å². The topological polar surface area (TPSA) is 94.4 Å². The minimum atomic E-state index is -0.419. The van der Waals surface area contributed by atoms with Crippen molar-refractivity contribution in [3.63, 3.8) is 0 Å². The lowest BCUT2D eigenvalue weighted by Gasteiger charge is -2.35. The van der Waals surface area contributed by atoms with Crippen molar-refractivity contribution < 1.29 is 10.2 Å². The summed E-state index contributed by atoms with van der Waals surface area (Å²) in [6.07, 6.45) is 6.19. The van der Waals surface area contributed by atoms with Gasteiger partial charge in [0.2, 0.25) is 0 Å². The highest BCUT2D eigenvalue weighted by atomic mass is 16.3. The van der Waals surface area contributed by atoms with Gasteiger partial charge in [-0.25, -0.2) is 9.97 Å². The van der Waals surface area contributed by atoms with Crippen LogP contribution in [0.15, 0.2) is 42.9 Å². The summed E-state index contributed by atoms with van der Waals surface area (Å²) in [5.41, 5.74) is 2.99. The van der Waals surface area contributed by atoms with Crippen LogP contribution in [0.4, 0.5) is 11.6 Å². The second-order valence-corrected chi connectivity index (χ2v) is 8.58. The number of aliphatic hydroxyl groups excluding tert-OH is 2. The molecule has 1 saturated carbocycles. The largest absolute Gasteiger partial charge is 0.392 e. The molecule has 0 bridgehead atoms. The SMILES string of the molecule is Cc1cccc2cc(CO)c(N3C[C@H]4C[C@@H](Nc5cnccn5)[C@H](O)C[C@H]4C3)nc12. The second-order valence-electron chi connectivity index (χ2n) is 8.58. The number of rotatable bonds is 4. The molecule has 3 heterocycles. The zero-order chi connectivity index (χ0) is 20.7. The van der Waals surface area contributed by atoms with Crippen molar-refractivity contribution in [3.05, 3.63) is 54.0 Å². The van der Waals surface area contributed by atoms with Gasteiger partial charge in [0, 0.05) is 36.4 Å². The number of aliphatic hydroxyl groups is 2. The third-order valence-corrected chi connectivity index (χ3v) is 6.61. The molecule has 4 atom stereocenters. The summed E-state index contributed by atoms with van der Waals surface area (Å²) in [7, 11) is 0. The van der Waals surface area contributed by atoms with Gasteiger partial charge < -0.3 is 20.4 Å². The molecule has 0 spiro atoms. The number of benzene rings is 1. The molecule has 5 rings (SSSR count). The van der Waals surface area contributed by atoms with Crippen molar-refractivity contribution in [3.8, 4) is 0 Å². The van der Waals surface area contributed by atoms with Crippen LogP contribution in [0.3, 0.4) is 0 Å². The van der Waals surface area contributed by atoms with Crippen molar-refractivity contribution >= 4 is 22.5 Å². The van der Waals surface area contributed by atoms with Crippen molar-refractivity contribution in [2.45, 2.75) is 38.5 Å². The smallest absolute Gasteiger partial charge is 0.144 e. The molecule has 2 aliphatic rings. The maximum absolute atomic E-state index is 10.7. The normalized spacial score (nSPS) is 26.0. The molecular weight excluding hydrogens is 378 g/mol. The highest BCUT2D eigenvalue weighted by Gasteiger charge is 2.42. The van der Waals surface area contributed by atoms with E-state index in [1.807, 2.05) is 12.1 Å². The predicted octanol–water partition coefficient (Wildman–Crippen LogP) is 2.51. The van der Waals surface area contributed by atoms with E-state index in [1.54, 1.807) is 18.6 Å². The van der Waals surface area contributed by atoms with Gasteiger partial charge in [-0.3, -0.25) is 4.98 Å². The molecule has 0 amide bonds. The van der Waals surface area contributed by atoms with Gasteiger partial charge in [-0.05, 0) is 43.2 Å². The highest BCUT2D eigenvalue weighted by Crippen LogP contribution is 2.40.